The second kappa shape index (κ2) is 24.1. The van der Waals surface area contributed by atoms with Crippen LogP contribution in [0.2, 0.25) is 0 Å². The highest BCUT2D eigenvalue weighted by atomic mass is 16.8. The molecular weight excluding hydrogens is 863 g/mol. The Bertz CT molecular complexity index is 2390. The smallest absolute Gasteiger partial charge is 0.217 e. The maximum absolute atomic E-state index is 13.2. The van der Waals surface area contributed by atoms with Gasteiger partial charge in [-0.3, -0.25) is 4.79 Å². The molecule has 12 nitrogen and oxygen atoms in total. The molecule has 0 unspecified atom stereocenters. The van der Waals surface area contributed by atoms with Gasteiger partial charge in [-0.05, 0) is 27.8 Å². The van der Waals surface area contributed by atoms with Gasteiger partial charge in [0.1, 0.15) is 48.8 Å². The third kappa shape index (κ3) is 12.7. The van der Waals surface area contributed by atoms with Crippen LogP contribution in [0.4, 0.5) is 0 Å². The van der Waals surface area contributed by atoms with Crippen molar-refractivity contribution < 1.29 is 52.2 Å². The number of ether oxygens (including phenoxy) is 10. The van der Waals surface area contributed by atoms with Gasteiger partial charge < -0.3 is 52.7 Å². The summed E-state index contributed by atoms with van der Waals surface area (Å²) >= 11 is 0. The van der Waals surface area contributed by atoms with E-state index in [1.807, 2.05) is 182 Å². The molecule has 0 aliphatic carbocycles. The molecule has 0 radical (unpaired) electrons. The van der Waals surface area contributed by atoms with Crippen LogP contribution in [-0.2, 0) is 85.2 Å². The van der Waals surface area contributed by atoms with Crippen LogP contribution in [-0.4, -0.2) is 80.5 Å². The Morgan fingerprint density at radius 2 is 0.956 bits per heavy atom. The molecule has 9 rings (SSSR count). The first-order valence-electron chi connectivity index (χ1n) is 23.3. The van der Waals surface area contributed by atoms with Crippen LogP contribution < -0.4 is 5.32 Å². The fraction of sp³-hybridized carbons (Fsp3) is 0.339. The molecule has 11 atom stereocenters. The standard InChI is InChI=1S/C56H59NO11/c1-39(58)57-48-51(60-33-41-22-10-3-11-23-41)49(46(37-59-32-40-20-8-2-9-21-40)65-55(48)63-36-44-28-16-6-17-29-44)68-56-53(62-35-43-26-14-5-15-27-43)52(61-34-42-24-12-4-13-25-42)50-47(66-56)38-64-54(67-50)45-30-18-7-19-31-45/h2-31,46-56H,32-38H2,1H3,(H,57,58)/t46-,47-,48-,49-,50-,51-,52+,53+,54-,55-,56+/m1/s1. The number of carbonyl (C=O) groups excluding carboxylic acids is 1. The van der Waals surface area contributed by atoms with Crippen molar-refractivity contribution >= 4 is 5.91 Å². The molecule has 6 aromatic carbocycles. The van der Waals surface area contributed by atoms with E-state index < -0.39 is 67.6 Å². The topological polar surface area (TPSA) is 121 Å². The molecule has 354 valence electrons. The lowest BCUT2D eigenvalue weighted by molar-refractivity contribution is -0.392. The highest BCUT2D eigenvalue weighted by Crippen LogP contribution is 2.39. The number of benzene rings is 6. The minimum absolute atomic E-state index is 0.0793. The van der Waals surface area contributed by atoms with Crippen molar-refractivity contribution in [3.63, 3.8) is 0 Å². The van der Waals surface area contributed by atoms with Crippen molar-refractivity contribution in [2.24, 2.45) is 0 Å². The first-order valence-corrected chi connectivity index (χ1v) is 23.3. The van der Waals surface area contributed by atoms with E-state index in [0.29, 0.717) is 6.61 Å². The van der Waals surface area contributed by atoms with Gasteiger partial charge in [-0.2, -0.15) is 0 Å². The van der Waals surface area contributed by atoms with Gasteiger partial charge in [-0.15, -0.1) is 0 Å². The third-order valence-corrected chi connectivity index (χ3v) is 12.2. The fourth-order valence-electron chi connectivity index (χ4n) is 8.81. The van der Waals surface area contributed by atoms with Crippen molar-refractivity contribution in [3.05, 3.63) is 215 Å². The molecule has 3 aliphatic heterocycles. The summed E-state index contributed by atoms with van der Waals surface area (Å²) < 4.78 is 68.3. The molecule has 0 bridgehead atoms. The summed E-state index contributed by atoms with van der Waals surface area (Å²) in [6.45, 7) is 2.93. The second-order valence-electron chi connectivity index (χ2n) is 17.2. The molecule has 0 spiro atoms. The molecule has 0 saturated carbocycles. The summed E-state index contributed by atoms with van der Waals surface area (Å²) in [6, 6.07) is 58.5. The van der Waals surface area contributed by atoms with Crippen molar-refractivity contribution in [2.75, 3.05) is 13.2 Å². The number of fused-ring (bicyclic) bond motifs is 1. The molecule has 12 heteroatoms. The Morgan fingerprint density at radius 3 is 1.47 bits per heavy atom. The van der Waals surface area contributed by atoms with Crippen molar-refractivity contribution in [3.8, 4) is 0 Å². The highest BCUT2D eigenvalue weighted by molar-refractivity contribution is 5.73. The van der Waals surface area contributed by atoms with Gasteiger partial charge in [-0.1, -0.05) is 182 Å². The van der Waals surface area contributed by atoms with Crippen LogP contribution in [0.5, 0.6) is 0 Å². The monoisotopic (exact) mass is 921 g/mol. The SMILES string of the molecule is CC(=O)N[C@H]1[C@H](OCc2ccccc2)O[C@H](COCc2ccccc2)[C@@H](O[C@@H]2O[C@@H]3CO[C@@H](c4ccccc4)O[C@H]3[C@H](OCc3ccccc3)[C@@H]2OCc2ccccc2)[C@@H]1OCc1ccccc1. The molecule has 1 N–H and O–H groups in total. The Labute approximate surface area is 398 Å². The fourth-order valence-corrected chi connectivity index (χ4v) is 8.81. The summed E-state index contributed by atoms with van der Waals surface area (Å²) in [5.41, 5.74) is 5.66. The maximum atomic E-state index is 13.2. The lowest BCUT2D eigenvalue weighted by Crippen LogP contribution is -2.69. The number of nitrogens with one attached hydrogen (secondary N) is 1. The van der Waals surface area contributed by atoms with Gasteiger partial charge in [0.05, 0.1) is 46.2 Å². The lowest BCUT2D eigenvalue weighted by Gasteiger charge is -2.51. The number of carbonyl (C=O) groups is 1. The number of rotatable bonds is 20. The number of amides is 1. The van der Waals surface area contributed by atoms with E-state index in [1.54, 1.807) is 0 Å². The quantitative estimate of drug-likeness (QED) is 0.0793. The Hall–Kier alpha value is -5.61. The van der Waals surface area contributed by atoms with Gasteiger partial charge in [-0.25, -0.2) is 0 Å². The van der Waals surface area contributed by atoms with E-state index in [1.165, 1.54) is 6.92 Å². The van der Waals surface area contributed by atoms with E-state index >= 15 is 0 Å². The average Bonchev–Trinajstić information content (AvgIpc) is 3.39. The van der Waals surface area contributed by atoms with E-state index in [-0.39, 0.29) is 45.5 Å². The first-order chi connectivity index (χ1) is 33.5. The summed E-state index contributed by atoms with van der Waals surface area (Å²) in [7, 11) is 0. The van der Waals surface area contributed by atoms with Gasteiger partial charge in [0.15, 0.2) is 18.9 Å². The van der Waals surface area contributed by atoms with Crippen LogP contribution in [0.25, 0.3) is 0 Å². The van der Waals surface area contributed by atoms with Gasteiger partial charge >= 0.3 is 0 Å². The van der Waals surface area contributed by atoms with E-state index in [4.69, 9.17) is 47.4 Å². The van der Waals surface area contributed by atoms with Gasteiger partial charge in [0.2, 0.25) is 5.91 Å². The number of hydrogen-bond donors (Lipinski definition) is 1. The Morgan fingerprint density at radius 1 is 0.500 bits per heavy atom. The lowest BCUT2D eigenvalue weighted by atomic mass is 9.94. The average molecular weight is 922 g/mol. The zero-order valence-electron chi connectivity index (χ0n) is 38.1. The normalized spacial score (nSPS) is 26.9. The summed E-state index contributed by atoms with van der Waals surface area (Å²) in [5.74, 6) is -0.294. The summed E-state index contributed by atoms with van der Waals surface area (Å²) in [5, 5.41) is 3.12. The molecular formula is C56H59NO11. The predicted molar refractivity (Wildman–Crippen MR) is 252 cm³/mol. The maximum Gasteiger partial charge on any atom is 0.217 e. The molecule has 68 heavy (non-hydrogen) atoms. The minimum atomic E-state index is -1.09. The first kappa shape index (κ1) is 47.5. The summed E-state index contributed by atoms with van der Waals surface area (Å²) in [6.07, 6.45) is -8.15. The van der Waals surface area contributed by atoms with Crippen molar-refractivity contribution in [1.29, 1.82) is 0 Å². The van der Waals surface area contributed by atoms with Crippen LogP contribution >= 0.6 is 0 Å². The molecule has 3 fully saturated rings. The molecule has 6 aromatic rings. The zero-order valence-corrected chi connectivity index (χ0v) is 38.1. The molecule has 3 saturated heterocycles. The largest absolute Gasteiger partial charge is 0.374 e. The second-order valence-corrected chi connectivity index (χ2v) is 17.2. The Kier molecular flexibility index (Phi) is 16.8. The van der Waals surface area contributed by atoms with E-state index in [9.17, 15) is 4.79 Å². The Balaban J connectivity index is 1.09. The molecule has 1 amide bonds. The third-order valence-electron chi connectivity index (χ3n) is 12.2. The van der Waals surface area contributed by atoms with Gasteiger partial charge in [0.25, 0.3) is 0 Å². The van der Waals surface area contributed by atoms with Crippen molar-refractivity contribution in [1.82, 2.24) is 5.32 Å². The number of hydrogen-bond acceptors (Lipinski definition) is 11. The van der Waals surface area contributed by atoms with Crippen LogP contribution in [0.15, 0.2) is 182 Å². The summed E-state index contributed by atoms with van der Waals surface area (Å²) in [4.78, 5) is 13.2. The van der Waals surface area contributed by atoms with Gasteiger partial charge in [0, 0.05) is 12.5 Å². The minimum Gasteiger partial charge on any atom is -0.374 e. The highest BCUT2D eigenvalue weighted by Gasteiger charge is 2.56. The molecule has 3 heterocycles. The molecule has 3 aliphatic rings. The van der Waals surface area contributed by atoms with E-state index in [2.05, 4.69) is 5.32 Å². The van der Waals surface area contributed by atoms with Crippen LogP contribution in [0.3, 0.4) is 0 Å². The predicted octanol–water partition coefficient (Wildman–Crippen LogP) is 8.63. The zero-order chi connectivity index (χ0) is 46.3. The van der Waals surface area contributed by atoms with Crippen LogP contribution in [0, 0.1) is 0 Å². The van der Waals surface area contributed by atoms with Crippen molar-refractivity contribution in [2.45, 2.75) is 108 Å². The molecule has 0 aromatic heterocycles. The van der Waals surface area contributed by atoms with Crippen LogP contribution in [0.1, 0.15) is 46.6 Å². The van der Waals surface area contributed by atoms with E-state index in [0.717, 1.165) is 33.4 Å².